The normalized spacial score (nSPS) is 19.3. The van der Waals surface area contributed by atoms with E-state index in [1.54, 1.807) is 6.92 Å². The van der Waals surface area contributed by atoms with Gasteiger partial charge in [0.15, 0.2) is 5.78 Å². The van der Waals surface area contributed by atoms with Crippen molar-refractivity contribution in [3.63, 3.8) is 0 Å². The highest BCUT2D eigenvalue weighted by molar-refractivity contribution is 6.07. The first-order valence-electron chi connectivity index (χ1n) is 10.2. The second-order valence-corrected chi connectivity index (χ2v) is 7.50. The van der Waals surface area contributed by atoms with Crippen molar-refractivity contribution in [1.82, 2.24) is 4.90 Å². The van der Waals surface area contributed by atoms with Crippen molar-refractivity contribution in [2.45, 2.75) is 32.9 Å². The van der Waals surface area contributed by atoms with Crippen molar-refractivity contribution >= 4 is 17.7 Å². The summed E-state index contributed by atoms with van der Waals surface area (Å²) in [5.74, 6) is -1.50. The maximum Gasteiger partial charge on any atom is 0.320 e. The molecule has 1 saturated heterocycles. The Morgan fingerprint density at radius 3 is 2.20 bits per heavy atom. The highest BCUT2D eigenvalue weighted by Gasteiger charge is 2.51. The lowest BCUT2D eigenvalue weighted by Gasteiger charge is -2.38. The molecular formula is C24H27NO5. The minimum absolute atomic E-state index is 0.0608. The first-order chi connectivity index (χ1) is 14.5. The van der Waals surface area contributed by atoms with Gasteiger partial charge in [-0.25, -0.2) is 0 Å². The number of rotatable bonds is 8. The molecule has 0 N–H and O–H groups in total. The van der Waals surface area contributed by atoms with Crippen LogP contribution in [-0.2, 0) is 37.0 Å². The largest absolute Gasteiger partial charge is 0.466 e. The Morgan fingerprint density at radius 1 is 0.967 bits per heavy atom. The van der Waals surface area contributed by atoms with E-state index in [1.165, 1.54) is 0 Å². The van der Waals surface area contributed by atoms with Crippen LogP contribution in [0.4, 0.5) is 0 Å². The minimum Gasteiger partial charge on any atom is -0.466 e. The number of likely N-dealkylation sites (tertiary alicyclic amines) is 1. The fourth-order valence-electron chi connectivity index (χ4n) is 3.69. The predicted octanol–water partition coefficient (Wildman–Crippen LogP) is 3.14. The third kappa shape index (κ3) is 5.33. The molecular weight excluding hydrogens is 382 g/mol. The van der Waals surface area contributed by atoms with Gasteiger partial charge >= 0.3 is 11.9 Å². The first-order valence-corrected chi connectivity index (χ1v) is 10.2. The van der Waals surface area contributed by atoms with Crippen LogP contribution in [0.15, 0.2) is 60.7 Å². The summed E-state index contributed by atoms with van der Waals surface area (Å²) in [5, 5.41) is 0. The lowest BCUT2D eigenvalue weighted by molar-refractivity contribution is -0.171. The number of esters is 2. The van der Waals surface area contributed by atoms with Gasteiger partial charge in [-0.15, -0.1) is 0 Å². The van der Waals surface area contributed by atoms with Gasteiger partial charge in [0, 0.05) is 13.1 Å². The van der Waals surface area contributed by atoms with E-state index >= 15 is 0 Å². The van der Waals surface area contributed by atoms with Crippen molar-refractivity contribution in [2.75, 3.05) is 19.7 Å². The number of ketones is 1. The summed E-state index contributed by atoms with van der Waals surface area (Å²) in [7, 11) is 0. The van der Waals surface area contributed by atoms with Gasteiger partial charge in [-0.1, -0.05) is 60.7 Å². The molecule has 158 valence electrons. The predicted molar refractivity (Wildman–Crippen MR) is 111 cm³/mol. The molecule has 6 heteroatoms. The van der Waals surface area contributed by atoms with Crippen LogP contribution in [0.2, 0.25) is 0 Å². The van der Waals surface area contributed by atoms with Crippen molar-refractivity contribution in [3.05, 3.63) is 71.8 Å². The molecule has 6 nitrogen and oxygen atoms in total. The number of carbonyl (C=O) groups excluding carboxylic acids is 3. The summed E-state index contributed by atoms with van der Waals surface area (Å²) in [6.45, 7) is 3.17. The zero-order valence-corrected chi connectivity index (χ0v) is 17.2. The Morgan fingerprint density at radius 2 is 1.60 bits per heavy atom. The quantitative estimate of drug-likeness (QED) is 0.493. The van der Waals surface area contributed by atoms with Crippen LogP contribution in [0.25, 0.3) is 0 Å². The molecule has 1 unspecified atom stereocenters. The van der Waals surface area contributed by atoms with Crippen LogP contribution in [0.3, 0.4) is 0 Å². The van der Waals surface area contributed by atoms with E-state index in [0.29, 0.717) is 13.1 Å². The van der Waals surface area contributed by atoms with Crippen LogP contribution in [0, 0.1) is 5.41 Å². The number of hydrogen-bond acceptors (Lipinski definition) is 6. The second kappa shape index (κ2) is 10.2. The van der Waals surface area contributed by atoms with E-state index in [0.717, 1.165) is 11.1 Å². The summed E-state index contributed by atoms with van der Waals surface area (Å²) < 4.78 is 10.5. The summed E-state index contributed by atoms with van der Waals surface area (Å²) in [6.07, 6.45) is -0.0580. The maximum atomic E-state index is 13.2. The molecule has 0 saturated carbocycles. The number of hydrogen-bond donors (Lipinski definition) is 0. The average Bonchev–Trinajstić information content (AvgIpc) is 2.75. The third-order valence-corrected chi connectivity index (χ3v) is 5.36. The minimum atomic E-state index is -1.49. The fraction of sp³-hybridized carbons (Fsp3) is 0.375. The van der Waals surface area contributed by atoms with Crippen molar-refractivity contribution in [1.29, 1.82) is 0 Å². The molecule has 1 aliphatic rings. The zero-order valence-electron chi connectivity index (χ0n) is 17.2. The van der Waals surface area contributed by atoms with Crippen LogP contribution < -0.4 is 0 Å². The topological polar surface area (TPSA) is 72.9 Å². The van der Waals surface area contributed by atoms with E-state index in [9.17, 15) is 14.4 Å². The van der Waals surface area contributed by atoms with E-state index < -0.39 is 17.4 Å². The fourth-order valence-corrected chi connectivity index (χ4v) is 3.69. The van der Waals surface area contributed by atoms with Gasteiger partial charge in [0.2, 0.25) is 0 Å². The summed E-state index contributed by atoms with van der Waals surface area (Å²) in [6, 6.07) is 19.1. The summed E-state index contributed by atoms with van der Waals surface area (Å²) in [4.78, 5) is 40.4. The Kier molecular flexibility index (Phi) is 7.36. The molecule has 30 heavy (non-hydrogen) atoms. The first kappa shape index (κ1) is 21.7. The van der Waals surface area contributed by atoms with Gasteiger partial charge in [-0.05, 0) is 24.5 Å². The van der Waals surface area contributed by atoms with Crippen LogP contribution in [0.5, 0.6) is 0 Å². The smallest absolute Gasteiger partial charge is 0.320 e. The molecule has 2 aromatic carbocycles. The zero-order chi connectivity index (χ0) is 21.4. The van der Waals surface area contributed by atoms with Gasteiger partial charge in [0.1, 0.15) is 12.0 Å². The second-order valence-electron chi connectivity index (χ2n) is 7.50. The Balaban J connectivity index is 1.72. The van der Waals surface area contributed by atoms with Gasteiger partial charge in [0.05, 0.1) is 19.6 Å². The van der Waals surface area contributed by atoms with Gasteiger partial charge in [-0.2, -0.15) is 0 Å². The molecule has 3 rings (SSSR count). The average molecular weight is 409 g/mol. The number of carbonyl (C=O) groups is 3. The Hall–Kier alpha value is -2.99. The molecule has 0 aliphatic carbocycles. The van der Waals surface area contributed by atoms with Crippen LogP contribution >= 0.6 is 0 Å². The monoisotopic (exact) mass is 409 g/mol. The number of benzene rings is 2. The molecule has 1 atom stereocenters. The third-order valence-electron chi connectivity index (χ3n) is 5.36. The number of Topliss-reactive ketones (excluding diaryl/α,β-unsaturated/α-hetero) is 1. The highest BCUT2D eigenvalue weighted by Crippen LogP contribution is 2.35. The molecule has 2 aromatic rings. The SMILES string of the molecule is CCOC(=O)CC1(C(=O)OCc2ccccc2)CCN(Cc2ccccc2)CC1=O. The molecule has 0 bridgehead atoms. The van der Waals surface area contributed by atoms with Crippen molar-refractivity contribution < 1.29 is 23.9 Å². The van der Waals surface area contributed by atoms with E-state index in [4.69, 9.17) is 9.47 Å². The summed E-state index contributed by atoms with van der Waals surface area (Å²) >= 11 is 0. The Labute approximate surface area is 176 Å². The molecule has 1 aliphatic heterocycles. The summed E-state index contributed by atoms with van der Waals surface area (Å²) in [5.41, 5.74) is 0.426. The lowest BCUT2D eigenvalue weighted by Crippen LogP contribution is -2.53. The molecule has 0 spiro atoms. The maximum absolute atomic E-state index is 13.2. The highest BCUT2D eigenvalue weighted by atomic mass is 16.5. The van der Waals surface area contributed by atoms with Gasteiger partial charge in [0.25, 0.3) is 0 Å². The van der Waals surface area contributed by atoms with E-state index in [1.807, 2.05) is 65.6 Å². The van der Waals surface area contributed by atoms with Crippen molar-refractivity contribution in [3.8, 4) is 0 Å². The standard InChI is InChI=1S/C24H27NO5/c1-2-29-22(27)15-24(23(28)30-18-20-11-7-4-8-12-20)13-14-25(17-21(24)26)16-19-9-5-3-6-10-19/h3-12H,2,13-18H2,1H3. The van der Waals surface area contributed by atoms with Crippen LogP contribution in [-0.4, -0.2) is 42.3 Å². The molecule has 1 heterocycles. The van der Waals surface area contributed by atoms with E-state index in [-0.39, 0.29) is 38.4 Å². The Bertz CT molecular complexity index is 868. The van der Waals surface area contributed by atoms with E-state index in [2.05, 4.69) is 0 Å². The molecule has 0 radical (unpaired) electrons. The molecule has 0 amide bonds. The molecule has 1 fully saturated rings. The number of ether oxygens (including phenoxy) is 2. The van der Waals surface area contributed by atoms with Crippen molar-refractivity contribution in [2.24, 2.45) is 5.41 Å². The molecule has 0 aromatic heterocycles. The van der Waals surface area contributed by atoms with Crippen LogP contribution in [0.1, 0.15) is 30.9 Å². The number of nitrogens with zero attached hydrogens (tertiary/aromatic N) is 1. The number of piperidine rings is 1. The van der Waals surface area contributed by atoms with Gasteiger partial charge in [-0.3, -0.25) is 19.3 Å². The van der Waals surface area contributed by atoms with Gasteiger partial charge < -0.3 is 9.47 Å². The lowest BCUT2D eigenvalue weighted by atomic mass is 9.74.